The molecule has 1 saturated carbocycles. The molecule has 0 saturated heterocycles. The number of hydrogen-bond donors (Lipinski definition) is 0. The molecule has 5 heteroatoms. The molecule has 0 radical (unpaired) electrons. The second kappa shape index (κ2) is 6.50. The van der Waals surface area contributed by atoms with Crippen molar-refractivity contribution in [3.05, 3.63) is 71.4 Å². The van der Waals surface area contributed by atoms with Gasteiger partial charge in [-0.1, -0.05) is 48.5 Å². The van der Waals surface area contributed by atoms with Crippen LogP contribution in [0, 0.1) is 5.92 Å². The Balaban J connectivity index is 1.49. The molecule has 1 aliphatic heterocycles. The molecule has 0 unspecified atom stereocenters. The fourth-order valence-electron chi connectivity index (χ4n) is 4.26. The van der Waals surface area contributed by atoms with Crippen molar-refractivity contribution in [3.63, 3.8) is 0 Å². The first kappa shape index (κ1) is 17.0. The third kappa shape index (κ3) is 3.19. The second-order valence-corrected chi connectivity index (χ2v) is 9.79. The molecular formula is C22H24N2O2S. The summed E-state index contributed by atoms with van der Waals surface area (Å²) in [5.74, 6) is 0.869. The molecule has 0 bridgehead atoms. The van der Waals surface area contributed by atoms with E-state index in [2.05, 4.69) is 28.8 Å². The van der Waals surface area contributed by atoms with Crippen LogP contribution in [0.4, 0.5) is 0 Å². The van der Waals surface area contributed by atoms with Crippen molar-refractivity contribution in [2.45, 2.75) is 38.1 Å². The zero-order valence-corrected chi connectivity index (χ0v) is 16.2. The van der Waals surface area contributed by atoms with Crippen LogP contribution in [0.25, 0.3) is 10.9 Å². The maximum Gasteiger partial charge on any atom is 0.218 e. The molecule has 0 amide bonds. The van der Waals surface area contributed by atoms with E-state index in [9.17, 15) is 8.42 Å². The summed E-state index contributed by atoms with van der Waals surface area (Å²) in [4.78, 5) is 0. The van der Waals surface area contributed by atoms with Gasteiger partial charge in [0.05, 0.1) is 5.75 Å². The van der Waals surface area contributed by atoms with Crippen LogP contribution in [0.2, 0.25) is 0 Å². The minimum absolute atomic E-state index is 0.0733. The van der Waals surface area contributed by atoms with Gasteiger partial charge in [0.15, 0.2) is 0 Å². The Labute approximate surface area is 160 Å². The minimum atomic E-state index is -3.33. The Kier molecular flexibility index (Phi) is 4.10. The molecule has 27 heavy (non-hydrogen) atoms. The summed E-state index contributed by atoms with van der Waals surface area (Å²) in [7, 11) is -3.33. The van der Waals surface area contributed by atoms with Crippen molar-refractivity contribution in [3.8, 4) is 0 Å². The first-order valence-electron chi connectivity index (χ1n) is 9.72. The first-order valence-corrected chi connectivity index (χ1v) is 11.3. The zero-order chi connectivity index (χ0) is 18.4. The lowest BCUT2D eigenvalue weighted by molar-refractivity contribution is 0.384. The van der Waals surface area contributed by atoms with Crippen molar-refractivity contribution in [2.75, 3.05) is 6.54 Å². The first-order chi connectivity index (χ1) is 13.1. The molecule has 0 atom stereocenters. The van der Waals surface area contributed by atoms with Crippen LogP contribution in [0.5, 0.6) is 0 Å². The van der Waals surface area contributed by atoms with Crippen molar-refractivity contribution in [1.29, 1.82) is 0 Å². The van der Waals surface area contributed by atoms with Gasteiger partial charge < -0.3 is 4.57 Å². The van der Waals surface area contributed by atoms with Crippen LogP contribution in [0.1, 0.15) is 29.7 Å². The molecular weight excluding hydrogens is 356 g/mol. The number of nitrogens with zero attached hydrogens (tertiary/aromatic N) is 2. The highest BCUT2D eigenvalue weighted by Gasteiger charge is 2.32. The zero-order valence-electron chi connectivity index (χ0n) is 15.3. The quantitative estimate of drug-likeness (QED) is 0.673. The summed E-state index contributed by atoms with van der Waals surface area (Å²) in [6.45, 7) is 2.14. The molecule has 1 aliphatic carbocycles. The number of rotatable bonds is 5. The highest BCUT2D eigenvalue weighted by atomic mass is 32.2. The van der Waals surface area contributed by atoms with Gasteiger partial charge in [0.25, 0.3) is 0 Å². The van der Waals surface area contributed by atoms with E-state index in [0.29, 0.717) is 13.1 Å². The average molecular weight is 381 g/mol. The number of sulfonamides is 1. The Morgan fingerprint density at radius 3 is 2.48 bits per heavy atom. The van der Waals surface area contributed by atoms with E-state index >= 15 is 0 Å². The summed E-state index contributed by atoms with van der Waals surface area (Å²) in [5.41, 5.74) is 4.65. The summed E-state index contributed by atoms with van der Waals surface area (Å²) in [6, 6.07) is 17.9. The smallest absolute Gasteiger partial charge is 0.218 e. The third-order valence-corrected chi connectivity index (χ3v) is 7.65. The largest absolute Gasteiger partial charge is 0.344 e. The van der Waals surface area contributed by atoms with Gasteiger partial charge in [-0.05, 0) is 36.0 Å². The summed E-state index contributed by atoms with van der Waals surface area (Å²) in [6.07, 6.45) is 3.43. The fraction of sp³-hybridized carbons (Fsp3) is 0.364. The molecule has 0 spiro atoms. The van der Waals surface area contributed by atoms with E-state index in [-0.39, 0.29) is 5.75 Å². The van der Waals surface area contributed by atoms with Crippen LogP contribution in [0.3, 0.4) is 0 Å². The SMILES string of the molecule is O=S(=O)(Cc1ccccc1)N1CCc2c(c3ccccc3n2CC2CC2)C1. The highest BCUT2D eigenvalue weighted by Crippen LogP contribution is 2.37. The molecule has 0 N–H and O–H groups in total. The normalized spacial score (nSPS) is 17.9. The van der Waals surface area contributed by atoms with E-state index < -0.39 is 10.0 Å². The summed E-state index contributed by atoms with van der Waals surface area (Å²) in [5, 5.41) is 1.22. The van der Waals surface area contributed by atoms with E-state index in [4.69, 9.17) is 0 Å². The maximum atomic E-state index is 13.0. The Hall–Kier alpha value is -2.11. The van der Waals surface area contributed by atoms with Crippen LogP contribution in [-0.4, -0.2) is 23.8 Å². The number of aromatic nitrogens is 1. The Bertz CT molecular complexity index is 1080. The standard InChI is InChI=1S/C22H24N2O2S/c25-27(26,16-18-6-2-1-3-7-18)23-13-12-22-20(15-23)19-8-4-5-9-21(19)24(22)14-17-10-11-17/h1-9,17H,10-16H2. The Morgan fingerprint density at radius 2 is 1.70 bits per heavy atom. The molecule has 5 rings (SSSR count). The molecule has 140 valence electrons. The second-order valence-electron chi connectivity index (χ2n) is 7.82. The van der Waals surface area contributed by atoms with Crippen LogP contribution < -0.4 is 0 Å². The van der Waals surface area contributed by atoms with Crippen molar-refractivity contribution < 1.29 is 8.42 Å². The van der Waals surface area contributed by atoms with Gasteiger partial charge in [0.1, 0.15) is 0 Å². The molecule has 2 heterocycles. The number of benzene rings is 2. The van der Waals surface area contributed by atoms with Gasteiger partial charge in [0, 0.05) is 42.7 Å². The molecule has 4 nitrogen and oxygen atoms in total. The third-order valence-electron chi connectivity index (χ3n) is 5.85. The molecule has 3 aromatic rings. The lowest BCUT2D eigenvalue weighted by atomic mass is 10.1. The minimum Gasteiger partial charge on any atom is -0.344 e. The van der Waals surface area contributed by atoms with Gasteiger partial charge in [-0.2, -0.15) is 4.31 Å². The van der Waals surface area contributed by atoms with Crippen molar-refractivity contribution in [2.24, 2.45) is 5.92 Å². The van der Waals surface area contributed by atoms with E-state index in [1.807, 2.05) is 30.3 Å². The van der Waals surface area contributed by atoms with E-state index in [0.717, 1.165) is 24.4 Å². The van der Waals surface area contributed by atoms with Crippen LogP contribution >= 0.6 is 0 Å². The molecule has 1 aromatic heterocycles. The predicted octanol–water partition coefficient (Wildman–Crippen LogP) is 3.94. The van der Waals surface area contributed by atoms with Crippen LogP contribution in [0.15, 0.2) is 54.6 Å². The van der Waals surface area contributed by atoms with Crippen LogP contribution in [-0.2, 0) is 35.3 Å². The topological polar surface area (TPSA) is 42.3 Å². The summed E-state index contributed by atoms with van der Waals surface area (Å²) >= 11 is 0. The predicted molar refractivity (Wildman–Crippen MR) is 108 cm³/mol. The van der Waals surface area contributed by atoms with Gasteiger partial charge in [-0.25, -0.2) is 8.42 Å². The molecule has 1 fully saturated rings. The van der Waals surface area contributed by atoms with E-state index in [1.165, 1.54) is 35.0 Å². The van der Waals surface area contributed by atoms with Gasteiger partial charge in [-0.15, -0.1) is 0 Å². The monoisotopic (exact) mass is 380 g/mol. The lowest BCUT2D eigenvalue weighted by Gasteiger charge is -2.27. The van der Waals surface area contributed by atoms with Gasteiger partial charge >= 0.3 is 0 Å². The molecule has 2 aliphatic rings. The maximum absolute atomic E-state index is 13.0. The number of fused-ring (bicyclic) bond motifs is 3. The Morgan fingerprint density at radius 1 is 0.963 bits per heavy atom. The lowest BCUT2D eigenvalue weighted by Crippen LogP contribution is -2.37. The van der Waals surface area contributed by atoms with E-state index in [1.54, 1.807) is 4.31 Å². The fourth-order valence-corrected chi connectivity index (χ4v) is 5.75. The van der Waals surface area contributed by atoms with Crippen molar-refractivity contribution in [1.82, 2.24) is 8.87 Å². The number of para-hydroxylation sites is 1. The highest BCUT2D eigenvalue weighted by molar-refractivity contribution is 7.88. The van der Waals surface area contributed by atoms with Gasteiger partial charge in [0.2, 0.25) is 10.0 Å². The number of hydrogen-bond acceptors (Lipinski definition) is 2. The van der Waals surface area contributed by atoms with Gasteiger partial charge in [-0.3, -0.25) is 0 Å². The summed E-state index contributed by atoms with van der Waals surface area (Å²) < 4.78 is 30.2. The van der Waals surface area contributed by atoms with Crippen molar-refractivity contribution >= 4 is 20.9 Å². The average Bonchev–Trinajstić information content (AvgIpc) is 3.45. The molecule has 2 aromatic carbocycles.